The second-order valence-corrected chi connectivity index (χ2v) is 8.97. The highest BCUT2D eigenvalue weighted by atomic mass is 15.2. The Labute approximate surface area is 133 Å². The van der Waals surface area contributed by atoms with Gasteiger partial charge in [0.25, 0.3) is 0 Å². The van der Waals surface area contributed by atoms with Crippen molar-refractivity contribution in [2.24, 2.45) is 16.7 Å². The number of rotatable bonds is 5. The number of likely N-dealkylation sites (tertiary alicyclic amines) is 1. The molecule has 21 heavy (non-hydrogen) atoms. The van der Waals surface area contributed by atoms with Gasteiger partial charge in [-0.25, -0.2) is 0 Å². The molecule has 0 radical (unpaired) electrons. The van der Waals surface area contributed by atoms with Gasteiger partial charge in [0.05, 0.1) is 0 Å². The molecular weight excluding hydrogens is 256 g/mol. The topological polar surface area (TPSA) is 15.3 Å². The standard InChI is InChI=1S/C19H38N2/c1-7-19(5,6)15-9-10-16(20-8-2)17(13-15)21-12-11-18(3,4)14-21/h15-17,20H,7-14H2,1-6H3. The van der Waals surface area contributed by atoms with E-state index in [1.165, 1.54) is 45.2 Å². The van der Waals surface area contributed by atoms with E-state index in [2.05, 4.69) is 51.8 Å². The molecule has 1 aliphatic carbocycles. The number of nitrogens with zero attached hydrogens (tertiary/aromatic N) is 1. The first kappa shape index (κ1) is 17.3. The Morgan fingerprint density at radius 2 is 1.90 bits per heavy atom. The van der Waals surface area contributed by atoms with Crippen LogP contribution >= 0.6 is 0 Å². The summed E-state index contributed by atoms with van der Waals surface area (Å²) in [6.07, 6.45) is 6.84. The Hall–Kier alpha value is -0.0800. The Balaban J connectivity index is 2.08. The predicted molar refractivity (Wildman–Crippen MR) is 92.6 cm³/mol. The monoisotopic (exact) mass is 294 g/mol. The van der Waals surface area contributed by atoms with Crippen LogP contribution in [0.5, 0.6) is 0 Å². The van der Waals surface area contributed by atoms with E-state index in [1.54, 1.807) is 0 Å². The largest absolute Gasteiger partial charge is 0.313 e. The van der Waals surface area contributed by atoms with Gasteiger partial charge in [0.2, 0.25) is 0 Å². The van der Waals surface area contributed by atoms with Gasteiger partial charge in [-0.15, -0.1) is 0 Å². The maximum absolute atomic E-state index is 3.79. The van der Waals surface area contributed by atoms with Crippen molar-refractivity contribution in [2.45, 2.75) is 85.7 Å². The minimum absolute atomic E-state index is 0.505. The van der Waals surface area contributed by atoms with Crippen molar-refractivity contribution in [1.29, 1.82) is 0 Å². The highest BCUT2D eigenvalue weighted by molar-refractivity contribution is 4.98. The summed E-state index contributed by atoms with van der Waals surface area (Å²) in [6, 6.07) is 1.48. The van der Waals surface area contributed by atoms with Crippen LogP contribution in [0.3, 0.4) is 0 Å². The fourth-order valence-electron chi connectivity index (χ4n) is 4.49. The van der Waals surface area contributed by atoms with Gasteiger partial charge in [0, 0.05) is 18.6 Å². The fraction of sp³-hybridized carbons (Fsp3) is 1.00. The second-order valence-electron chi connectivity index (χ2n) is 8.97. The van der Waals surface area contributed by atoms with Gasteiger partial charge in [0.15, 0.2) is 0 Å². The van der Waals surface area contributed by atoms with Crippen molar-refractivity contribution in [2.75, 3.05) is 19.6 Å². The van der Waals surface area contributed by atoms with Gasteiger partial charge in [-0.1, -0.05) is 48.0 Å². The molecule has 3 atom stereocenters. The zero-order valence-corrected chi connectivity index (χ0v) is 15.3. The van der Waals surface area contributed by atoms with Crippen LogP contribution in [0.2, 0.25) is 0 Å². The number of likely N-dealkylation sites (N-methyl/N-ethyl adjacent to an activating group) is 1. The molecule has 0 aromatic rings. The van der Waals surface area contributed by atoms with Gasteiger partial charge in [-0.05, 0) is 55.5 Å². The van der Waals surface area contributed by atoms with Gasteiger partial charge in [0.1, 0.15) is 0 Å². The molecule has 1 N–H and O–H groups in total. The number of nitrogens with one attached hydrogen (secondary N) is 1. The summed E-state index contributed by atoms with van der Waals surface area (Å²) in [5.41, 5.74) is 1.02. The van der Waals surface area contributed by atoms with Crippen molar-refractivity contribution in [3.63, 3.8) is 0 Å². The molecule has 1 saturated heterocycles. The van der Waals surface area contributed by atoms with E-state index in [-0.39, 0.29) is 0 Å². The van der Waals surface area contributed by atoms with Crippen molar-refractivity contribution < 1.29 is 0 Å². The summed E-state index contributed by atoms with van der Waals surface area (Å²) in [5, 5.41) is 3.79. The summed E-state index contributed by atoms with van der Waals surface area (Å²) in [4.78, 5) is 2.81. The maximum Gasteiger partial charge on any atom is 0.0252 e. The average Bonchev–Trinajstić information content (AvgIpc) is 2.79. The number of hydrogen-bond donors (Lipinski definition) is 1. The number of hydrogen-bond acceptors (Lipinski definition) is 2. The van der Waals surface area contributed by atoms with Crippen LogP contribution in [-0.4, -0.2) is 36.6 Å². The van der Waals surface area contributed by atoms with E-state index in [9.17, 15) is 0 Å². The molecule has 2 rings (SSSR count). The third-order valence-corrected chi connectivity index (χ3v) is 6.48. The van der Waals surface area contributed by atoms with E-state index in [0.29, 0.717) is 16.9 Å². The molecule has 3 unspecified atom stereocenters. The Kier molecular flexibility index (Phi) is 5.41. The van der Waals surface area contributed by atoms with Crippen molar-refractivity contribution >= 4 is 0 Å². The molecule has 1 saturated carbocycles. The lowest BCUT2D eigenvalue weighted by Crippen LogP contribution is -2.54. The summed E-state index contributed by atoms with van der Waals surface area (Å²) in [5.74, 6) is 0.895. The quantitative estimate of drug-likeness (QED) is 0.813. The minimum atomic E-state index is 0.505. The van der Waals surface area contributed by atoms with Crippen LogP contribution in [-0.2, 0) is 0 Å². The second kappa shape index (κ2) is 6.58. The van der Waals surface area contributed by atoms with Crippen LogP contribution in [0, 0.1) is 16.7 Å². The first-order valence-electron chi connectivity index (χ1n) is 9.26. The van der Waals surface area contributed by atoms with Crippen molar-refractivity contribution in [3.05, 3.63) is 0 Å². The van der Waals surface area contributed by atoms with Crippen LogP contribution in [0.15, 0.2) is 0 Å². The van der Waals surface area contributed by atoms with Crippen LogP contribution < -0.4 is 5.32 Å². The summed E-state index contributed by atoms with van der Waals surface area (Å²) in [6.45, 7) is 18.2. The van der Waals surface area contributed by atoms with Gasteiger partial charge in [-0.2, -0.15) is 0 Å². The lowest BCUT2D eigenvalue weighted by Gasteiger charge is -2.46. The summed E-state index contributed by atoms with van der Waals surface area (Å²) in [7, 11) is 0. The first-order chi connectivity index (χ1) is 9.79. The normalized spacial score (nSPS) is 34.3. The Bertz CT molecular complexity index is 334. The molecule has 0 aromatic carbocycles. The lowest BCUT2D eigenvalue weighted by molar-refractivity contribution is 0.0575. The first-order valence-corrected chi connectivity index (χ1v) is 9.26. The fourth-order valence-corrected chi connectivity index (χ4v) is 4.49. The molecule has 1 heterocycles. The van der Waals surface area contributed by atoms with Gasteiger partial charge >= 0.3 is 0 Å². The van der Waals surface area contributed by atoms with E-state index < -0.39 is 0 Å². The van der Waals surface area contributed by atoms with Crippen LogP contribution in [0.25, 0.3) is 0 Å². The van der Waals surface area contributed by atoms with E-state index in [0.717, 1.165) is 18.5 Å². The Morgan fingerprint density at radius 1 is 1.19 bits per heavy atom. The highest BCUT2D eigenvalue weighted by Crippen LogP contribution is 2.43. The molecule has 2 heteroatoms. The summed E-state index contributed by atoms with van der Waals surface area (Å²) >= 11 is 0. The molecular formula is C19H38N2. The van der Waals surface area contributed by atoms with E-state index in [4.69, 9.17) is 0 Å². The smallest absolute Gasteiger partial charge is 0.0252 e. The molecule has 0 amide bonds. The Morgan fingerprint density at radius 3 is 2.43 bits per heavy atom. The highest BCUT2D eigenvalue weighted by Gasteiger charge is 2.42. The molecule has 2 fully saturated rings. The van der Waals surface area contributed by atoms with Crippen molar-refractivity contribution in [3.8, 4) is 0 Å². The zero-order valence-electron chi connectivity index (χ0n) is 15.3. The van der Waals surface area contributed by atoms with E-state index in [1.807, 2.05) is 0 Å². The van der Waals surface area contributed by atoms with Crippen LogP contribution in [0.1, 0.15) is 73.6 Å². The van der Waals surface area contributed by atoms with Crippen LogP contribution in [0.4, 0.5) is 0 Å². The van der Waals surface area contributed by atoms with Crippen molar-refractivity contribution in [1.82, 2.24) is 10.2 Å². The predicted octanol–water partition coefficient (Wildman–Crippen LogP) is 4.30. The average molecular weight is 295 g/mol. The molecule has 0 bridgehead atoms. The third-order valence-electron chi connectivity index (χ3n) is 6.48. The SMILES string of the molecule is CCNC1CCC(C(C)(C)CC)CC1N1CCC(C)(C)C1. The zero-order chi connectivity index (χ0) is 15.7. The lowest BCUT2D eigenvalue weighted by atomic mass is 9.67. The molecule has 0 aromatic heterocycles. The molecule has 1 aliphatic heterocycles. The molecule has 2 nitrogen and oxygen atoms in total. The molecule has 124 valence electrons. The maximum atomic E-state index is 3.79. The van der Waals surface area contributed by atoms with Gasteiger partial charge < -0.3 is 5.32 Å². The van der Waals surface area contributed by atoms with Gasteiger partial charge in [-0.3, -0.25) is 4.90 Å². The minimum Gasteiger partial charge on any atom is -0.313 e. The molecule has 2 aliphatic rings. The third kappa shape index (κ3) is 4.01. The van der Waals surface area contributed by atoms with E-state index >= 15 is 0 Å². The molecule has 0 spiro atoms. The summed E-state index contributed by atoms with van der Waals surface area (Å²) < 4.78 is 0.